The monoisotopic (exact) mass is 504 g/mol. The number of halogens is 6. The average molecular weight is 505 g/mol. The summed E-state index contributed by atoms with van der Waals surface area (Å²) in [6.45, 7) is 3.34. The number of allylic oxidation sites excluding steroid dienone is 2. The number of hydrogen-bond donors (Lipinski definition) is 0. The normalized spacial score (nSPS) is 15.7. The van der Waals surface area contributed by atoms with Crippen molar-refractivity contribution in [1.29, 1.82) is 0 Å². The number of rotatable bonds is 7. The second-order valence-electron chi connectivity index (χ2n) is 8.98. The topological polar surface area (TPSA) is 9.23 Å². The zero-order valence-corrected chi connectivity index (χ0v) is 20.0. The van der Waals surface area contributed by atoms with Crippen molar-refractivity contribution in [1.82, 2.24) is 0 Å². The van der Waals surface area contributed by atoms with E-state index >= 15 is 0 Å². The fraction of sp³-hybridized carbons (Fsp3) is 0.310. The molecule has 3 aromatic carbocycles. The Labute approximate surface area is 206 Å². The van der Waals surface area contributed by atoms with E-state index < -0.39 is 34.9 Å². The summed E-state index contributed by atoms with van der Waals surface area (Å²) in [4.78, 5) is 0. The molecule has 1 aliphatic carbocycles. The van der Waals surface area contributed by atoms with E-state index in [1.54, 1.807) is 13.0 Å². The molecule has 0 radical (unpaired) electrons. The van der Waals surface area contributed by atoms with Crippen molar-refractivity contribution in [2.45, 2.75) is 51.9 Å². The molecule has 1 nitrogen and oxygen atoms in total. The van der Waals surface area contributed by atoms with Crippen LogP contribution in [-0.2, 0) is 12.8 Å². The molecule has 0 saturated carbocycles. The van der Waals surface area contributed by atoms with Gasteiger partial charge in [-0.1, -0.05) is 36.4 Å². The molecule has 190 valence electrons. The van der Waals surface area contributed by atoms with E-state index in [0.29, 0.717) is 24.8 Å². The number of hydrogen-bond acceptors (Lipinski definition) is 1. The molecular weight excluding hydrogens is 478 g/mol. The van der Waals surface area contributed by atoms with Crippen molar-refractivity contribution < 1.29 is 31.1 Å². The molecular formula is C29H26F6O. The summed E-state index contributed by atoms with van der Waals surface area (Å²) in [5.41, 5.74) is 1.27. The van der Waals surface area contributed by atoms with E-state index in [9.17, 15) is 26.3 Å². The van der Waals surface area contributed by atoms with Gasteiger partial charge in [-0.2, -0.15) is 4.39 Å². The maximum atomic E-state index is 14.9. The second kappa shape index (κ2) is 10.8. The van der Waals surface area contributed by atoms with Crippen LogP contribution in [0.3, 0.4) is 0 Å². The highest BCUT2D eigenvalue weighted by Crippen LogP contribution is 2.39. The zero-order valence-electron chi connectivity index (χ0n) is 20.0. The van der Waals surface area contributed by atoms with Crippen LogP contribution in [0.5, 0.6) is 5.75 Å². The van der Waals surface area contributed by atoms with Gasteiger partial charge in [0, 0.05) is 5.56 Å². The zero-order chi connectivity index (χ0) is 26.0. The van der Waals surface area contributed by atoms with Crippen LogP contribution < -0.4 is 4.74 Å². The van der Waals surface area contributed by atoms with Crippen molar-refractivity contribution in [3.8, 4) is 5.75 Å². The Balaban J connectivity index is 1.49. The molecule has 0 spiro atoms. The minimum atomic E-state index is -1.03. The van der Waals surface area contributed by atoms with Gasteiger partial charge in [-0.3, -0.25) is 0 Å². The molecule has 0 fully saturated rings. The quantitative estimate of drug-likeness (QED) is 0.294. The molecule has 0 saturated heterocycles. The molecule has 7 heteroatoms. The predicted octanol–water partition coefficient (Wildman–Crippen LogP) is 8.36. The largest absolute Gasteiger partial charge is 0.491 e. The third kappa shape index (κ3) is 5.01. The van der Waals surface area contributed by atoms with E-state index in [0.717, 1.165) is 0 Å². The number of aryl methyl sites for hydroxylation is 3. The molecule has 0 amide bonds. The van der Waals surface area contributed by atoms with Crippen LogP contribution in [0, 0.1) is 41.8 Å². The van der Waals surface area contributed by atoms with Crippen LogP contribution in [-0.4, -0.2) is 6.61 Å². The molecule has 36 heavy (non-hydrogen) atoms. The van der Waals surface area contributed by atoms with E-state index in [4.69, 9.17) is 4.74 Å². The van der Waals surface area contributed by atoms with Gasteiger partial charge >= 0.3 is 0 Å². The Morgan fingerprint density at radius 2 is 1.42 bits per heavy atom. The van der Waals surface area contributed by atoms with Crippen molar-refractivity contribution in [3.05, 3.63) is 105 Å². The minimum Gasteiger partial charge on any atom is -0.491 e. The molecule has 0 N–H and O–H groups in total. The highest BCUT2D eigenvalue weighted by Gasteiger charge is 2.25. The molecule has 1 unspecified atom stereocenters. The van der Waals surface area contributed by atoms with Gasteiger partial charge in [0.25, 0.3) is 0 Å². The summed E-state index contributed by atoms with van der Waals surface area (Å²) in [6.07, 6.45) is 2.91. The summed E-state index contributed by atoms with van der Waals surface area (Å²) in [5, 5.41) is 0. The van der Waals surface area contributed by atoms with Crippen LogP contribution in [0.1, 0.15) is 59.9 Å². The van der Waals surface area contributed by atoms with Crippen LogP contribution in [0.15, 0.2) is 42.5 Å². The lowest BCUT2D eigenvalue weighted by atomic mass is 9.82. The number of benzene rings is 3. The molecule has 0 heterocycles. The standard InChI is InChI=1S/C29H26F6O/c1-3-36-23-15-14-22(28(34)29(23)35)18-8-6-17(7-9-18)21-13-12-20(26(32)27(21)33)11-10-19-5-4-16(2)24(30)25(19)31/h4-6,12-15,18H,3,7-11H2,1-2H3. The molecule has 0 bridgehead atoms. The summed E-state index contributed by atoms with van der Waals surface area (Å²) in [6, 6.07) is 8.72. The second-order valence-corrected chi connectivity index (χ2v) is 8.98. The van der Waals surface area contributed by atoms with Crippen LogP contribution in [0.2, 0.25) is 0 Å². The van der Waals surface area contributed by atoms with Gasteiger partial charge < -0.3 is 4.74 Å². The first kappa shape index (κ1) is 25.9. The Hall–Kier alpha value is -3.22. The van der Waals surface area contributed by atoms with Gasteiger partial charge in [-0.05, 0) is 85.8 Å². The first-order valence-corrected chi connectivity index (χ1v) is 11.9. The lowest BCUT2D eigenvalue weighted by Gasteiger charge is -2.24. The van der Waals surface area contributed by atoms with E-state index in [2.05, 4.69) is 0 Å². The molecule has 4 rings (SSSR count). The fourth-order valence-electron chi connectivity index (χ4n) is 4.67. The highest BCUT2D eigenvalue weighted by molar-refractivity contribution is 5.67. The third-order valence-corrected chi connectivity index (χ3v) is 6.75. The maximum Gasteiger partial charge on any atom is 0.200 e. The van der Waals surface area contributed by atoms with Crippen molar-refractivity contribution in [3.63, 3.8) is 0 Å². The van der Waals surface area contributed by atoms with E-state index in [1.807, 2.05) is 0 Å². The molecule has 1 aliphatic rings. The fourth-order valence-corrected chi connectivity index (χ4v) is 4.67. The van der Waals surface area contributed by atoms with Gasteiger partial charge in [0.1, 0.15) is 0 Å². The summed E-state index contributed by atoms with van der Waals surface area (Å²) >= 11 is 0. The Morgan fingerprint density at radius 3 is 2.06 bits per heavy atom. The van der Waals surface area contributed by atoms with Gasteiger partial charge in [-0.25, -0.2) is 22.0 Å². The summed E-state index contributed by atoms with van der Waals surface area (Å²) in [7, 11) is 0. The molecule has 0 aromatic heterocycles. The first-order valence-electron chi connectivity index (χ1n) is 11.9. The van der Waals surface area contributed by atoms with Crippen molar-refractivity contribution in [2.75, 3.05) is 6.61 Å². The Bertz CT molecular complexity index is 1310. The SMILES string of the molecule is CCOc1ccc(C2CC=C(c3ccc(CCc4ccc(C)c(F)c4F)c(F)c3F)CC2)c(F)c1F. The van der Waals surface area contributed by atoms with Crippen molar-refractivity contribution in [2.24, 2.45) is 0 Å². The lowest BCUT2D eigenvalue weighted by Crippen LogP contribution is -2.10. The van der Waals surface area contributed by atoms with Crippen molar-refractivity contribution >= 4 is 5.57 Å². The maximum absolute atomic E-state index is 14.9. The summed E-state index contributed by atoms with van der Waals surface area (Å²) in [5.74, 6) is -6.36. The highest BCUT2D eigenvalue weighted by atomic mass is 19.2. The number of ether oxygens (including phenoxy) is 1. The van der Waals surface area contributed by atoms with Gasteiger partial charge in [0.15, 0.2) is 34.8 Å². The molecule has 0 aliphatic heterocycles. The van der Waals surface area contributed by atoms with Gasteiger partial charge in [0.05, 0.1) is 6.61 Å². The summed E-state index contributed by atoms with van der Waals surface area (Å²) < 4.78 is 91.6. The van der Waals surface area contributed by atoms with Crippen LogP contribution in [0.25, 0.3) is 5.57 Å². The molecule has 1 atom stereocenters. The van der Waals surface area contributed by atoms with Crippen LogP contribution in [0.4, 0.5) is 26.3 Å². The average Bonchev–Trinajstić information content (AvgIpc) is 2.88. The Morgan fingerprint density at radius 1 is 0.750 bits per heavy atom. The smallest absolute Gasteiger partial charge is 0.200 e. The van der Waals surface area contributed by atoms with E-state index in [1.165, 1.54) is 43.3 Å². The lowest BCUT2D eigenvalue weighted by molar-refractivity contribution is 0.312. The predicted molar refractivity (Wildman–Crippen MR) is 127 cm³/mol. The van der Waals surface area contributed by atoms with E-state index in [-0.39, 0.29) is 58.9 Å². The first-order chi connectivity index (χ1) is 17.2. The van der Waals surface area contributed by atoms with Gasteiger partial charge in [-0.15, -0.1) is 0 Å². The van der Waals surface area contributed by atoms with Gasteiger partial charge in [0.2, 0.25) is 5.82 Å². The molecule has 3 aromatic rings. The third-order valence-electron chi connectivity index (χ3n) is 6.75. The van der Waals surface area contributed by atoms with Crippen LogP contribution >= 0.6 is 0 Å². The Kier molecular flexibility index (Phi) is 7.76. The minimum absolute atomic E-state index is 0.00611.